The summed E-state index contributed by atoms with van der Waals surface area (Å²) in [5.74, 6) is 1.91. The van der Waals surface area contributed by atoms with Crippen LogP contribution < -0.4 is 10.6 Å². The predicted molar refractivity (Wildman–Crippen MR) is 105 cm³/mol. The molecule has 0 aliphatic rings. The van der Waals surface area contributed by atoms with Gasteiger partial charge < -0.3 is 15.7 Å². The number of aromatic nitrogens is 2. The van der Waals surface area contributed by atoms with Gasteiger partial charge in [0.1, 0.15) is 0 Å². The summed E-state index contributed by atoms with van der Waals surface area (Å²) in [6.45, 7) is 13.3. The number of aliphatic hydroxyl groups excluding tert-OH is 1. The van der Waals surface area contributed by atoms with E-state index in [9.17, 15) is 5.11 Å². The highest BCUT2D eigenvalue weighted by molar-refractivity contribution is 5.79. The van der Waals surface area contributed by atoms with Crippen LogP contribution in [0.1, 0.15) is 50.6 Å². The smallest absolute Gasteiger partial charge is 0.191 e. The quantitative estimate of drug-likeness (QED) is 0.446. The SMILES string of the molecule is CCNC(=NCC(CCO)CC(C)C)NCCc1c(C)nn(C)c1C. The first-order valence-electron chi connectivity index (χ1n) is 9.51. The zero-order valence-corrected chi connectivity index (χ0v) is 16.9. The molecule has 6 heteroatoms. The molecule has 0 saturated heterocycles. The zero-order chi connectivity index (χ0) is 18.8. The molecule has 1 rings (SSSR count). The molecule has 1 aromatic rings. The third-order valence-electron chi connectivity index (χ3n) is 4.52. The number of rotatable bonds is 10. The molecule has 0 aliphatic carbocycles. The van der Waals surface area contributed by atoms with E-state index >= 15 is 0 Å². The van der Waals surface area contributed by atoms with Crippen LogP contribution in [0.2, 0.25) is 0 Å². The predicted octanol–water partition coefficient (Wildman–Crippen LogP) is 2.18. The molecule has 6 nitrogen and oxygen atoms in total. The Balaban J connectivity index is 2.60. The van der Waals surface area contributed by atoms with Gasteiger partial charge in [0.25, 0.3) is 0 Å². The Morgan fingerprint density at radius 1 is 1.28 bits per heavy atom. The maximum Gasteiger partial charge on any atom is 0.191 e. The van der Waals surface area contributed by atoms with Crippen molar-refractivity contribution in [2.24, 2.45) is 23.9 Å². The number of hydrogen-bond donors (Lipinski definition) is 3. The molecule has 0 saturated carbocycles. The summed E-state index contributed by atoms with van der Waals surface area (Å²) in [6.07, 6.45) is 2.84. The van der Waals surface area contributed by atoms with Crippen molar-refractivity contribution in [3.63, 3.8) is 0 Å². The van der Waals surface area contributed by atoms with Gasteiger partial charge in [0.15, 0.2) is 5.96 Å². The third kappa shape index (κ3) is 7.46. The first-order chi connectivity index (χ1) is 11.9. The highest BCUT2D eigenvalue weighted by Crippen LogP contribution is 2.15. The lowest BCUT2D eigenvalue weighted by Crippen LogP contribution is -2.38. The second-order valence-electron chi connectivity index (χ2n) is 7.18. The topological polar surface area (TPSA) is 74.5 Å². The van der Waals surface area contributed by atoms with Gasteiger partial charge in [-0.25, -0.2) is 0 Å². The van der Waals surface area contributed by atoms with Crippen LogP contribution in [0.5, 0.6) is 0 Å². The molecule has 0 fully saturated rings. The first-order valence-corrected chi connectivity index (χ1v) is 9.51. The Labute approximate surface area is 153 Å². The van der Waals surface area contributed by atoms with Crippen molar-refractivity contribution in [3.8, 4) is 0 Å². The molecule has 1 atom stereocenters. The molecule has 0 amide bonds. The highest BCUT2D eigenvalue weighted by atomic mass is 16.3. The number of aryl methyl sites for hydroxylation is 2. The summed E-state index contributed by atoms with van der Waals surface area (Å²) in [7, 11) is 1.99. The number of nitrogens with zero attached hydrogens (tertiary/aromatic N) is 3. The summed E-state index contributed by atoms with van der Waals surface area (Å²) in [6, 6.07) is 0. The van der Waals surface area contributed by atoms with Gasteiger partial charge in [-0.1, -0.05) is 13.8 Å². The van der Waals surface area contributed by atoms with Crippen LogP contribution in [0, 0.1) is 25.7 Å². The zero-order valence-electron chi connectivity index (χ0n) is 16.9. The first kappa shape index (κ1) is 21.5. The highest BCUT2D eigenvalue weighted by Gasteiger charge is 2.11. The van der Waals surface area contributed by atoms with E-state index < -0.39 is 0 Å². The molecule has 1 heterocycles. The van der Waals surface area contributed by atoms with E-state index in [1.54, 1.807) is 0 Å². The minimum absolute atomic E-state index is 0.233. The van der Waals surface area contributed by atoms with Gasteiger partial charge in [-0.15, -0.1) is 0 Å². The number of hydrogen-bond acceptors (Lipinski definition) is 3. The van der Waals surface area contributed by atoms with Gasteiger partial charge >= 0.3 is 0 Å². The molecule has 1 unspecified atom stereocenters. The summed E-state index contributed by atoms with van der Waals surface area (Å²) in [5.41, 5.74) is 3.63. The van der Waals surface area contributed by atoms with Crippen LogP contribution in [0.4, 0.5) is 0 Å². The van der Waals surface area contributed by atoms with Crippen molar-refractivity contribution in [1.82, 2.24) is 20.4 Å². The Morgan fingerprint density at radius 2 is 2.00 bits per heavy atom. The number of nitrogens with one attached hydrogen (secondary N) is 2. The van der Waals surface area contributed by atoms with E-state index in [1.165, 1.54) is 11.3 Å². The normalized spacial score (nSPS) is 13.4. The molecule has 0 aromatic carbocycles. The monoisotopic (exact) mass is 351 g/mol. The second kappa shape index (κ2) is 11.1. The van der Waals surface area contributed by atoms with Crippen molar-refractivity contribution in [2.75, 3.05) is 26.2 Å². The van der Waals surface area contributed by atoms with Crippen LogP contribution in [0.25, 0.3) is 0 Å². The number of aliphatic imine (C=N–C) groups is 1. The van der Waals surface area contributed by atoms with Crippen molar-refractivity contribution in [3.05, 3.63) is 17.0 Å². The van der Waals surface area contributed by atoms with Gasteiger partial charge in [0.05, 0.1) is 5.69 Å². The summed E-state index contributed by atoms with van der Waals surface area (Å²) in [5, 5.41) is 20.5. The van der Waals surface area contributed by atoms with E-state index in [4.69, 9.17) is 4.99 Å². The standard InChI is InChI=1S/C19H37N5O/c1-7-20-19(22-13-17(9-11-25)12-14(2)3)21-10-8-18-15(4)23-24(6)16(18)5/h14,17,25H,7-13H2,1-6H3,(H2,20,21,22). The van der Waals surface area contributed by atoms with Crippen LogP contribution >= 0.6 is 0 Å². The minimum Gasteiger partial charge on any atom is -0.396 e. The fourth-order valence-electron chi connectivity index (χ4n) is 3.18. The van der Waals surface area contributed by atoms with E-state index in [-0.39, 0.29) is 6.61 Å². The van der Waals surface area contributed by atoms with Crippen molar-refractivity contribution >= 4 is 5.96 Å². The maximum atomic E-state index is 9.25. The van der Waals surface area contributed by atoms with Gasteiger partial charge in [-0.3, -0.25) is 9.67 Å². The molecular formula is C19H37N5O. The third-order valence-corrected chi connectivity index (χ3v) is 4.52. The van der Waals surface area contributed by atoms with Crippen molar-refractivity contribution in [2.45, 2.75) is 53.9 Å². The molecule has 3 N–H and O–H groups in total. The van der Waals surface area contributed by atoms with E-state index in [0.29, 0.717) is 11.8 Å². The van der Waals surface area contributed by atoms with E-state index in [2.05, 4.69) is 50.4 Å². The van der Waals surface area contributed by atoms with Gasteiger partial charge in [0, 0.05) is 39.0 Å². The maximum absolute atomic E-state index is 9.25. The van der Waals surface area contributed by atoms with Gasteiger partial charge in [-0.05, 0) is 57.4 Å². The molecule has 1 aromatic heterocycles. The van der Waals surface area contributed by atoms with Gasteiger partial charge in [0.2, 0.25) is 0 Å². The molecular weight excluding hydrogens is 314 g/mol. The number of aliphatic hydroxyl groups is 1. The Morgan fingerprint density at radius 3 is 2.52 bits per heavy atom. The van der Waals surface area contributed by atoms with E-state index in [0.717, 1.165) is 50.6 Å². The van der Waals surface area contributed by atoms with Gasteiger partial charge in [-0.2, -0.15) is 5.10 Å². The van der Waals surface area contributed by atoms with Crippen molar-refractivity contribution in [1.29, 1.82) is 0 Å². The Bertz CT molecular complexity index is 536. The van der Waals surface area contributed by atoms with Crippen LogP contribution in [0.15, 0.2) is 4.99 Å². The minimum atomic E-state index is 0.233. The lowest BCUT2D eigenvalue weighted by atomic mass is 9.94. The largest absolute Gasteiger partial charge is 0.396 e. The molecule has 0 bridgehead atoms. The van der Waals surface area contributed by atoms with Crippen LogP contribution in [0.3, 0.4) is 0 Å². The molecule has 144 valence electrons. The lowest BCUT2D eigenvalue weighted by Gasteiger charge is -2.17. The van der Waals surface area contributed by atoms with E-state index in [1.807, 2.05) is 11.7 Å². The molecule has 0 spiro atoms. The summed E-state index contributed by atoms with van der Waals surface area (Å²) in [4.78, 5) is 4.73. The molecule has 0 radical (unpaired) electrons. The molecule has 0 aliphatic heterocycles. The average molecular weight is 352 g/mol. The average Bonchev–Trinajstić information content (AvgIpc) is 2.78. The Hall–Kier alpha value is -1.56. The van der Waals surface area contributed by atoms with Crippen LogP contribution in [-0.4, -0.2) is 47.1 Å². The fourth-order valence-corrected chi connectivity index (χ4v) is 3.18. The molecule has 25 heavy (non-hydrogen) atoms. The Kier molecular flexibility index (Phi) is 9.57. The summed E-state index contributed by atoms with van der Waals surface area (Å²) >= 11 is 0. The van der Waals surface area contributed by atoms with Crippen molar-refractivity contribution < 1.29 is 5.11 Å². The van der Waals surface area contributed by atoms with Crippen LogP contribution in [-0.2, 0) is 13.5 Å². The lowest BCUT2D eigenvalue weighted by molar-refractivity contribution is 0.245. The fraction of sp³-hybridized carbons (Fsp3) is 0.789. The summed E-state index contributed by atoms with van der Waals surface area (Å²) < 4.78 is 1.94. The second-order valence-corrected chi connectivity index (χ2v) is 7.18. The number of guanidine groups is 1.